The Morgan fingerprint density at radius 2 is 2.13 bits per heavy atom. The third kappa shape index (κ3) is 2.03. The quantitative estimate of drug-likeness (QED) is 0.810. The molecule has 2 rings (SSSR count). The Morgan fingerprint density at radius 1 is 1.33 bits per heavy atom. The minimum Gasteiger partial charge on any atom is -0.338 e. The average molecular weight is 245 g/mol. The number of amides is 2. The van der Waals surface area contributed by atoms with Crippen molar-refractivity contribution in [3.63, 3.8) is 0 Å². The Labute approximate surface area is 98.0 Å². The van der Waals surface area contributed by atoms with E-state index in [4.69, 9.17) is 23.2 Å². The minimum atomic E-state index is -0.120. The maximum absolute atomic E-state index is 11.6. The fourth-order valence-electron chi connectivity index (χ4n) is 1.56. The summed E-state index contributed by atoms with van der Waals surface area (Å²) >= 11 is 11.9. The van der Waals surface area contributed by atoms with Crippen molar-refractivity contribution in [3.05, 3.63) is 28.2 Å². The van der Waals surface area contributed by atoms with Crippen molar-refractivity contribution in [2.24, 2.45) is 0 Å². The molecule has 5 heteroatoms. The summed E-state index contributed by atoms with van der Waals surface area (Å²) in [5.74, 6) is 0. The first-order valence-corrected chi connectivity index (χ1v) is 5.45. The zero-order valence-electron chi connectivity index (χ0n) is 7.96. The summed E-state index contributed by atoms with van der Waals surface area (Å²) in [7, 11) is 0. The van der Waals surface area contributed by atoms with Gasteiger partial charge < -0.3 is 5.32 Å². The van der Waals surface area contributed by atoms with Crippen molar-refractivity contribution in [2.45, 2.75) is 6.42 Å². The molecule has 3 nitrogen and oxygen atoms in total. The predicted molar refractivity (Wildman–Crippen MR) is 61.8 cm³/mol. The Hall–Kier alpha value is -0.930. The largest absolute Gasteiger partial charge is 0.338 e. The first-order chi connectivity index (χ1) is 7.20. The summed E-state index contributed by atoms with van der Waals surface area (Å²) in [5, 5.41) is 3.65. The summed E-state index contributed by atoms with van der Waals surface area (Å²) in [5.41, 5.74) is 0.668. The number of halogens is 2. The number of nitrogens with one attached hydrogen (secondary N) is 1. The van der Waals surface area contributed by atoms with Crippen LogP contribution in [0.3, 0.4) is 0 Å². The highest BCUT2D eigenvalue weighted by atomic mass is 35.5. The first-order valence-electron chi connectivity index (χ1n) is 4.69. The smallest absolute Gasteiger partial charge is 0.321 e. The normalized spacial score (nSPS) is 16.4. The van der Waals surface area contributed by atoms with E-state index in [9.17, 15) is 4.79 Å². The molecule has 1 N–H and O–H groups in total. The molecule has 2 amide bonds. The van der Waals surface area contributed by atoms with Crippen molar-refractivity contribution in [3.8, 4) is 0 Å². The summed E-state index contributed by atoms with van der Waals surface area (Å²) in [6.45, 7) is 1.39. The lowest BCUT2D eigenvalue weighted by Gasteiger charge is -2.28. The lowest BCUT2D eigenvalue weighted by Crippen LogP contribution is -2.46. The zero-order chi connectivity index (χ0) is 10.8. The predicted octanol–water partition coefficient (Wildman–Crippen LogP) is 2.91. The van der Waals surface area contributed by atoms with Crippen LogP contribution in [0.4, 0.5) is 10.5 Å². The van der Waals surface area contributed by atoms with Gasteiger partial charge in [-0.25, -0.2) is 4.79 Å². The van der Waals surface area contributed by atoms with Gasteiger partial charge >= 0.3 is 6.03 Å². The van der Waals surface area contributed by atoms with Crippen molar-refractivity contribution in [1.29, 1.82) is 0 Å². The van der Waals surface area contributed by atoms with E-state index in [0.29, 0.717) is 28.8 Å². The van der Waals surface area contributed by atoms with Gasteiger partial charge in [-0.1, -0.05) is 29.3 Å². The van der Waals surface area contributed by atoms with Gasteiger partial charge in [-0.15, -0.1) is 0 Å². The van der Waals surface area contributed by atoms with Crippen molar-refractivity contribution >= 4 is 34.9 Å². The van der Waals surface area contributed by atoms with Gasteiger partial charge in [0.15, 0.2) is 0 Å². The van der Waals surface area contributed by atoms with Gasteiger partial charge in [0, 0.05) is 13.1 Å². The monoisotopic (exact) mass is 244 g/mol. The van der Waals surface area contributed by atoms with E-state index in [-0.39, 0.29) is 6.03 Å². The van der Waals surface area contributed by atoms with Gasteiger partial charge in [0.2, 0.25) is 0 Å². The molecule has 0 saturated carbocycles. The Balaban J connectivity index is 2.35. The van der Waals surface area contributed by atoms with Gasteiger partial charge in [-0.05, 0) is 18.6 Å². The van der Waals surface area contributed by atoms with Gasteiger partial charge in [0.25, 0.3) is 0 Å². The van der Waals surface area contributed by atoms with Crippen LogP contribution < -0.4 is 10.2 Å². The summed E-state index contributed by atoms with van der Waals surface area (Å²) in [6, 6.07) is 5.16. The topological polar surface area (TPSA) is 32.3 Å². The number of hydrogen-bond donors (Lipinski definition) is 1. The number of carbonyl (C=O) groups is 1. The third-order valence-corrected chi connectivity index (χ3v) is 3.11. The number of anilines is 1. The maximum Gasteiger partial charge on any atom is 0.321 e. The molecule has 15 heavy (non-hydrogen) atoms. The molecule has 1 aliphatic heterocycles. The van der Waals surface area contributed by atoms with Crippen molar-refractivity contribution < 1.29 is 4.79 Å². The molecule has 0 spiro atoms. The fourth-order valence-corrected chi connectivity index (χ4v) is 1.96. The van der Waals surface area contributed by atoms with E-state index in [1.807, 2.05) is 0 Å². The summed E-state index contributed by atoms with van der Waals surface area (Å²) in [6.07, 6.45) is 0.911. The van der Waals surface area contributed by atoms with Crippen LogP contribution >= 0.6 is 23.2 Å². The molecule has 1 heterocycles. The van der Waals surface area contributed by atoms with Crippen LogP contribution in [0.5, 0.6) is 0 Å². The van der Waals surface area contributed by atoms with E-state index >= 15 is 0 Å². The number of nitrogens with zero attached hydrogens (tertiary/aromatic N) is 1. The standard InChI is InChI=1S/C10H10Cl2N2O/c11-7-3-1-4-8(9(7)12)14-6-2-5-13-10(14)15/h1,3-4H,2,5-6H2,(H,13,15). The number of rotatable bonds is 1. The molecule has 0 bridgehead atoms. The van der Waals surface area contributed by atoms with Gasteiger partial charge in [-0.2, -0.15) is 0 Å². The van der Waals surface area contributed by atoms with Crippen LogP contribution in [-0.2, 0) is 0 Å². The fraction of sp³-hybridized carbons (Fsp3) is 0.300. The third-order valence-electron chi connectivity index (χ3n) is 2.30. The number of benzene rings is 1. The molecule has 1 aromatic carbocycles. The van der Waals surface area contributed by atoms with Crippen LogP contribution in [0.25, 0.3) is 0 Å². The molecule has 0 aromatic heterocycles. The molecule has 0 atom stereocenters. The first kappa shape index (κ1) is 10.6. The second-order valence-electron chi connectivity index (χ2n) is 3.31. The molecule has 0 unspecified atom stereocenters. The van der Waals surface area contributed by atoms with E-state index in [2.05, 4.69) is 5.32 Å². The molecular formula is C10H10Cl2N2O. The summed E-state index contributed by atoms with van der Waals surface area (Å²) in [4.78, 5) is 13.2. The zero-order valence-corrected chi connectivity index (χ0v) is 9.48. The van der Waals surface area contributed by atoms with E-state index in [1.54, 1.807) is 23.1 Å². The Kier molecular flexibility index (Phi) is 3.03. The van der Waals surface area contributed by atoms with Gasteiger partial charge in [0.05, 0.1) is 15.7 Å². The highest BCUT2D eigenvalue weighted by Gasteiger charge is 2.21. The molecule has 1 aromatic rings. The maximum atomic E-state index is 11.6. The molecule has 1 aliphatic rings. The molecule has 80 valence electrons. The van der Waals surface area contributed by atoms with Crippen LogP contribution in [0, 0.1) is 0 Å². The van der Waals surface area contributed by atoms with Gasteiger partial charge in [-0.3, -0.25) is 4.90 Å². The number of urea groups is 1. The minimum absolute atomic E-state index is 0.120. The Morgan fingerprint density at radius 3 is 2.87 bits per heavy atom. The van der Waals surface area contributed by atoms with Crippen LogP contribution in [0.15, 0.2) is 18.2 Å². The molecule has 0 radical (unpaired) electrons. The van der Waals surface area contributed by atoms with Crippen molar-refractivity contribution in [2.75, 3.05) is 18.0 Å². The molecule has 1 fully saturated rings. The molecule has 1 saturated heterocycles. The van der Waals surface area contributed by atoms with Crippen LogP contribution in [-0.4, -0.2) is 19.1 Å². The van der Waals surface area contributed by atoms with Crippen LogP contribution in [0.1, 0.15) is 6.42 Å². The van der Waals surface area contributed by atoms with E-state index < -0.39 is 0 Å². The van der Waals surface area contributed by atoms with Crippen molar-refractivity contribution in [1.82, 2.24) is 5.32 Å². The SMILES string of the molecule is O=C1NCCCN1c1cccc(Cl)c1Cl. The highest BCUT2D eigenvalue weighted by Crippen LogP contribution is 2.32. The van der Waals surface area contributed by atoms with Crippen LogP contribution in [0.2, 0.25) is 10.0 Å². The van der Waals surface area contributed by atoms with Gasteiger partial charge in [0.1, 0.15) is 0 Å². The molecule has 0 aliphatic carbocycles. The van der Waals surface area contributed by atoms with E-state index in [1.165, 1.54) is 0 Å². The second kappa shape index (κ2) is 4.29. The average Bonchev–Trinajstić information content (AvgIpc) is 2.23. The number of carbonyl (C=O) groups excluding carboxylic acids is 1. The van der Waals surface area contributed by atoms with E-state index in [0.717, 1.165) is 6.42 Å². The molecular weight excluding hydrogens is 235 g/mol. The second-order valence-corrected chi connectivity index (χ2v) is 4.10. The summed E-state index contributed by atoms with van der Waals surface area (Å²) < 4.78 is 0. The highest BCUT2D eigenvalue weighted by molar-refractivity contribution is 6.44. The lowest BCUT2D eigenvalue weighted by molar-refractivity contribution is 0.243. The Bertz CT molecular complexity index is 395. The lowest BCUT2D eigenvalue weighted by atomic mass is 10.2. The number of hydrogen-bond acceptors (Lipinski definition) is 1.